The normalized spacial score (nSPS) is 10.5. The van der Waals surface area contributed by atoms with Gasteiger partial charge in [0.2, 0.25) is 5.13 Å². The van der Waals surface area contributed by atoms with Crippen LogP contribution in [0.2, 0.25) is 0 Å². The number of carbonyl (C=O) groups excluding carboxylic acids is 2. The number of hydrogen-bond donors (Lipinski definition) is 2. The van der Waals surface area contributed by atoms with Crippen LogP contribution < -0.4 is 10.6 Å². The Kier molecular flexibility index (Phi) is 7.84. The minimum atomic E-state index is -0.303. The lowest BCUT2D eigenvalue weighted by Crippen LogP contribution is -2.14. The molecule has 33 heavy (non-hydrogen) atoms. The largest absolute Gasteiger partial charge is 0.322 e. The van der Waals surface area contributed by atoms with Crippen molar-refractivity contribution in [1.29, 1.82) is 0 Å². The first-order chi connectivity index (χ1) is 16.2. The first-order valence-electron chi connectivity index (χ1n) is 10.5. The molecule has 2 N–H and O–H groups in total. The number of nitrogens with one attached hydrogen (secondary N) is 2. The van der Waals surface area contributed by atoms with Crippen LogP contribution in [0, 0.1) is 0 Å². The molecule has 3 aromatic carbocycles. The van der Waals surface area contributed by atoms with E-state index in [1.807, 2.05) is 12.1 Å². The van der Waals surface area contributed by atoms with Crippen molar-refractivity contribution in [2.24, 2.45) is 0 Å². The van der Waals surface area contributed by atoms with Gasteiger partial charge in [-0.05, 0) is 48.7 Å². The molecule has 1 heterocycles. The van der Waals surface area contributed by atoms with E-state index in [0.29, 0.717) is 21.9 Å². The van der Waals surface area contributed by atoms with Crippen molar-refractivity contribution < 1.29 is 9.59 Å². The number of amides is 2. The Hall–Kier alpha value is -3.49. The van der Waals surface area contributed by atoms with Crippen LogP contribution in [-0.2, 0) is 6.42 Å². The fraction of sp³-hybridized carbons (Fsp3) is 0.120. The molecule has 0 aliphatic heterocycles. The van der Waals surface area contributed by atoms with E-state index >= 15 is 0 Å². The summed E-state index contributed by atoms with van der Waals surface area (Å²) < 4.78 is 0.822. The predicted octanol–water partition coefficient (Wildman–Crippen LogP) is 5.77. The number of anilines is 2. The quantitative estimate of drug-likeness (QED) is 0.183. The maximum atomic E-state index is 12.7. The van der Waals surface area contributed by atoms with Crippen molar-refractivity contribution in [3.63, 3.8) is 0 Å². The highest BCUT2D eigenvalue weighted by Gasteiger charge is 2.12. The first-order valence-corrected chi connectivity index (χ1v) is 12.3. The summed E-state index contributed by atoms with van der Waals surface area (Å²) in [7, 11) is 0. The van der Waals surface area contributed by atoms with E-state index in [0.717, 1.165) is 22.9 Å². The molecular formula is C25H22N4O2S2. The first kappa shape index (κ1) is 22.7. The summed E-state index contributed by atoms with van der Waals surface area (Å²) in [5.74, 6) is 0.398. The summed E-state index contributed by atoms with van der Waals surface area (Å²) in [6, 6.07) is 26.1. The third-order valence-electron chi connectivity index (χ3n) is 4.72. The summed E-state index contributed by atoms with van der Waals surface area (Å²) in [6.07, 6.45) is 2.06. The lowest BCUT2D eigenvalue weighted by Gasteiger charge is -2.07. The highest BCUT2D eigenvalue weighted by atomic mass is 32.2. The van der Waals surface area contributed by atoms with Crippen molar-refractivity contribution in [2.45, 2.75) is 17.2 Å². The zero-order chi connectivity index (χ0) is 22.9. The number of hydrogen-bond acceptors (Lipinski definition) is 6. The van der Waals surface area contributed by atoms with Gasteiger partial charge in [-0.3, -0.25) is 14.9 Å². The standard InChI is InChI=1S/C25H22N4O2S2/c30-22(19-12-5-2-6-13-19)26-21-15-7-14-20(17-21)23(31)27-24-28-29-25(33-24)32-16-8-11-18-9-3-1-4-10-18/h1-7,9-10,12-15,17H,8,11,16H2,(H,26,30)(H,27,28,31). The fourth-order valence-corrected chi connectivity index (χ4v) is 4.86. The van der Waals surface area contributed by atoms with Gasteiger partial charge in [0.15, 0.2) is 4.34 Å². The van der Waals surface area contributed by atoms with Crippen LogP contribution in [0.25, 0.3) is 0 Å². The average Bonchev–Trinajstić information content (AvgIpc) is 3.30. The molecule has 0 radical (unpaired) electrons. The topological polar surface area (TPSA) is 84.0 Å². The van der Waals surface area contributed by atoms with Crippen LogP contribution in [0.15, 0.2) is 89.3 Å². The molecule has 0 bridgehead atoms. The number of aromatic nitrogens is 2. The molecule has 0 fully saturated rings. The molecule has 1 aromatic heterocycles. The van der Waals surface area contributed by atoms with Gasteiger partial charge >= 0.3 is 0 Å². The summed E-state index contributed by atoms with van der Waals surface area (Å²) in [4.78, 5) is 25.0. The molecule has 0 unspecified atom stereocenters. The summed E-state index contributed by atoms with van der Waals surface area (Å²) in [5.41, 5.74) is 2.84. The number of benzene rings is 3. The van der Waals surface area contributed by atoms with Crippen LogP contribution in [0.1, 0.15) is 32.7 Å². The van der Waals surface area contributed by atoms with Gasteiger partial charge in [-0.25, -0.2) is 0 Å². The highest BCUT2D eigenvalue weighted by Crippen LogP contribution is 2.27. The maximum Gasteiger partial charge on any atom is 0.257 e. The zero-order valence-electron chi connectivity index (χ0n) is 17.7. The van der Waals surface area contributed by atoms with E-state index in [9.17, 15) is 9.59 Å². The highest BCUT2D eigenvalue weighted by molar-refractivity contribution is 8.01. The van der Waals surface area contributed by atoms with Crippen molar-refractivity contribution in [3.8, 4) is 0 Å². The molecule has 0 aliphatic rings. The second-order valence-electron chi connectivity index (χ2n) is 7.17. The van der Waals surface area contributed by atoms with Crippen molar-refractivity contribution >= 4 is 45.7 Å². The number of carbonyl (C=O) groups is 2. The molecule has 4 rings (SSSR count). The molecule has 2 amide bonds. The third-order valence-corrected chi connectivity index (χ3v) is 6.78. The van der Waals surface area contributed by atoms with Gasteiger partial charge in [-0.2, -0.15) is 0 Å². The molecule has 0 atom stereocenters. The van der Waals surface area contributed by atoms with E-state index in [-0.39, 0.29) is 11.8 Å². The van der Waals surface area contributed by atoms with Crippen LogP contribution in [-0.4, -0.2) is 27.8 Å². The Balaban J connectivity index is 1.28. The zero-order valence-corrected chi connectivity index (χ0v) is 19.4. The van der Waals surface area contributed by atoms with E-state index in [2.05, 4.69) is 45.1 Å². The molecule has 0 saturated carbocycles. The second-order valence-corrected chi connectivity index (χ2v) is 9.49. The Morgan fingerprint density at radius 1 is 0.788 bits per heavy atom. The number of nitrogens with zero attached hydrogens (tertiary/aromatic N) is 2. The van der Waals surface area contributed by atoms with E-state index in [1.54, 1.807) is 60.3 Å². The Morgan fingerprint density at radius 3 is 2.27 bits per heavy atom. The monoisotopic (exact) mass is 474 g/mol. The summed E-state index contributed by atoms with van der Waals surface area (Å²) >= 11 is 2.99. The molecular weight excluding hydrogens is 452 g/mol. The van der Waals surface area contributed by atoms with Crippen LogP contribution >= 0.6 is 23.1 Å². The molecule has 0 spiro atoms. The van der Waals surface area contributed by atoms with Gasteiger partial charge in [0.1, 0.15) is 0 Å². The van der Waals surface area contributed by atoms with Crippen LogP contribution in [0.5, 0.6) is 0 Å². The number of thioether (sulfide) groups is 1. The molecule has 6 nitrogen and oxygen atoms in total. The SMILES string of the molecule is O=C(Nc1cccc(C(=O)Nc2nnc(SCCCc3ccccc3)s2)c1)c1ccccc1. The molecule has 166 valence electrons. The Morgan fingerprint density at radius 2 is 1.48 bits per heavy atom. The molecule has 0 saturated heterocycles. The van der Waals surface area contributed by atoms with Gasteiger partial charge in [-0.15, -0.1) is 10.2 Å². The minimum Gasteiger partial charge on any atom is -0.322 e. The van der Waals surface area contributed by atoms with Gasteiger partial charge in [0, 0.05) is 22.6 Å². The van der Waals surface area contributed by atoms with Gasteiger partial charge in [-0.1, -0.05) is 77.7 Å². The Labute approximate surface area is 200 Å². The second kappa shape index (κ2) is 11.4. The van der Waals surface area contributed by atoms with Gasteiger partial charge in [0.25, 0.3) is 11.8 Å². The third kappa shape index (κ3) is 6.74. The van der Waals surface area contributed by atoms with Crippen molar-refractivity contribution in [3.05, 3.63) is 102 Å². The predicted molar refractivity (Wildman–Crippen MR) is 134 cm³/mol. The van der Waals surface area contributed by atoms with Crippen molar-refractivity contribution in [2.75, 3.05) is 16.4 Å². The van der Waals surface area contributed by atoms with Gasteiger partial charge in [0.05, 0.1) is 0 Å². The van der Waals surface area contributed by atoms with Crippen molar-refractivity contribution in [1.82, 2.24) is 10.2 Å². The smallest absolute Gasteiger partial charge is 0.257 e. The molecule has 0 aliphatic carbocycles. The van der Waals surface area contributed by atoms with Gasteiger partial charge < -0.3 is 5.32 Å². The summed E-state index contributed by atoms with van der Waals surface area (Å²) in [6.45, 7) is 0. The van der Waals surface area contributed by atoms with Crippen LogP contribution in [0.3, 0.4) is 0 Å². The maximum absolute atomic E-state index is 12.7. The average molecular weight is 475 g/mol. The Bertz CT molecular complexity index is 1210. The summed E-state index contributed by atoms with van der Waals surface area (Å²) in [5, 5.41) is 14.3. The van der Waals surface area contributed by atoms with E-state index in [1.165, 1.54) is 16.9 Å². The number of rotatable bonds is 9. The van der Waals surface area contributed by atoms with Crippen LogP contribution in [0.4, 0.5) is 10.8 Å². The lowest BCUT2D eigenvalue weighted by molar-refractivity contribution is 0.101. The fourth-order valence-electron chi connectivity index (χ4n) is 3.10. The number of aryl methyl sites for hydroxylation is 1. The minimum absolute atomic E-state index is 0.230. The molecule has 4 aromatic rings. The van der Waals surface area contributed by atoms with E-state index < -0.39 is 0 Å². The lowest BCUT2D eigenvalue weighted by atomic mass is 10.1. The van der Waals surface area contributed by atoms with E-state index in [4.69, 9.17) is 0 Å². The molecule has 8 heteroatoms.